The van der Waals surface area contributed by atoms with E-state index in [1.54, 1.807) is 6.92 Å². The van der Waals surface area contributed by atoms with Crippen LogP contribution in [-0.2, 0) is 32.0 Å². The molecule has 10 heteroatoms. The van der Waals surface area contributed by atoms with Gasteiger partial charge in [-0.3, -0.25) is 14.4 Å². The summed E-state index contributed by atoms with van der Waals surface area (Å²) in [4.78, 5) is 55.4. The summed E-state index contributed by atoms with van der Waals surface area (Å²) in [6, 6.07) is 16.0. The van der Waals surface area contributed by atoms with Crippen LogP contribution in [0.2, 0.25) is 0 Å². The van der Waals surface area contributed by atoms with Gasteiger partial charge in [0.25, 0.3) is 0 Å². The fraction of sp³-hybridized carbons (Fsp3) is 0.486. The van der Waals surface area contributed by atoms with Gasteiger partial charge in [-0.25, -0.2) is 4.79 Å². The monoisotopic (exact) mass is 614 g/mol. The molecule has 10 nitrogen and oxygen atoms in total. The molecule has 4 bridgehead atoms. The number of hydrogen-bond donors (Lipinski definition) is 5. The summed E-state index contributed by atoms with van der Waals surface area (Å²) in [6.45, 7) is 1.59. The number of fused-ring (bicyclic) bond motifs is 1. The van der Waals surface area contributed by atoms with Gasteiger partial charge in [0, 0.05) is 36.5 Å². The number of aromatic amines is 1. The predicted octanol–water partition coefficient (Wildman–Crippen LogP) is 4.34. The molecule has 1 heterocycles. The lowest BCUT2D eigenvalue weighted by Crippen LogP contribution is -2.62. The first kappa shape index (κ1) is 30.7. The average molecular weight is 615 g/mol. The number of carbonyl (C=O) groups excluding carboxylic acids is 3. The minimum atomic E-state index is -1.47. The van der Waals surface area contributed by atoms with E-state index in [4.69, 9.17) is 9.84 Å². The summed E-state index contributed by atoms with van der Waals surface area (Å²) in [5, 5.41) is 18.4. The molecule has 0 radical (unpaired) electrons. The highest BCUT2D eigenvalue weighted by Gasteiger charge is 2.50. The van der Waals surface area contributed by atoms with Gasteiger partial charge in [-0.15, -0.1) is 0 Å². The molecule has 2 unspecified atom stereocenters. The molecule has 0 aliphatic heterocycles. The maximum absolute atomic E-state index is 14.2. The number of aromatic nitrogens is 1. The molecule has 4 aliphatic carbocycles. The molecule has 3 amide bonds. The molecular weight excluding hydrogens is 572 g/mol. The maximum Gasteiger partial charge on any atom is 0.408 e. The molecular formula is C35H42N4O6. The van der Waals surface area contributed by atoms with Crippen LogP contribution < -0.4 is 16.0 Å². The number of nitrogens with one attached hydrogen (secondary N) is 4. The highest BCUT2D eigenvalue weighted by molar-refractivity contribution is 5.95. The van der Waals surface area contributed by atoms with E-state index in [1.165, 1.54) is 6.42 Å². The van der Waals surface area contributed by atoms with Crippen LogP contribution in [-0.4, -0.2) is 58.2 Å². The van der Waals surface area contributed by atoms with Gasteiger partial charge < -0.3 is 30.8 Å². The second-order valence-electron chi connectivity index (χ2n) is 13.4. The number of carbonyl (C=O) groups is 4. The third kappa shape index (κ3) is 7.00. The molecule has 5 N–H and O–H groups in total. The van der Waals surface area contributed by atoms with Gasteiger partial charge in [0.2, 0.25) is 11.8 Å². The molecule has 7 rings (SSSR count). The molecule has 2 atom stereocenters. The zero-order valence-electron chi connectivity index (χ0n) is 25.6. The number of H-pyrrole nitrogens is 1. The van der Waals surface area contributed by atoms with Gasteiger partial charge in [0.15, 0.2) is 0 Å². The number of carboxylic acid groups (broad SMARTS) is 1. The fourth-order valence-electron chi connectivity index (χ4n) is 8.08. The van der Waals surface area contributed by atoms with E-state index < -0.39 is 35.5 Å². The molecule has 3 aromatic rings. The summed E-state index contributed by atoms with van der Waals surface area (Å²) in [5.74, 6) is 0.124. The number of rotatable bonds is 12. The fourth-order valence-corrected chi connectivity index (χ4v) is 8.08. The standard InChI is InChI=1S/C35H42N4O6/c1-35(19-26-20-37-28-10-6-5-9-27(26)28,39-34(44)45-31-24-14-22-13-23(16-24)17-25(31)15-22)33(43)38-29(18-21-7-3-2-4-8-21)32(42)36-12-11-30(40)41/h2-10,20,22-25,29,31,37H,11-19H2,1H3,(H,36,42)(H,38,43)(H,39,44)(H,40,41). The number of amides is 3. The molecule has 0 spiro atoms. The number of ether oxygens (including phenoxy) is 1. The summed E-state index contributed by atoms with van der Waals surface area (Å²) in [7, 11) is 0. The largest absolute Gasteiger partial charge is 0.481 e. The van der Waals surface area contributed by atoms with E-state index in [2.05, 4.69) is 20.9 Å². The maximum atomic E-state index is 14.2. The van der Waals surface area contributed by atoms with E-state index in [-0.39, 0.29) is 31.9 Å². The second-order valence-corrected chi connectivity index (χ2v) is 13.4. The van der Waals surface area contributed by atoms with Crippen molar-refractivity contribution >= 4 is 34.8 Å². The zero-order valence-corrected chi connectivity index (χ0v) is 25.6. The molecule has 238 valence electrons. The lowest BCUT2D eigenvalue weighted by Gasteiger charge is -2.53. The van der Waals surface area contributed by atoms with Gasteiger partial charge in [0.1, 0.15) is 17.7 Å². The van der Waals surface area contributed by atoms with Crippen molar-refractivity contribution in [2.75, 3.05) is 6.54 Å². The second kappa shape index (κ2) is 12.9. The van der Waals surface area contributed by atoms with Crippen LogP contribution in [0.15, 0.2) is 60.8 Å². The van der Waals surface area contributed by atoms with Gasteiger partial charge in [-0.05, 0) is 79.9 Å². The average Bonchev–Trinajstić information content (AvgIpc) is 3.40. The van der Waals surface area contributed by atoms with Crippen LogP contribution in [0.3, 0.4) is 0 Å². The molecule has 4 saturated carbocycles. The quantitative estimate of drug-likeness (QED) is 0.205. The third-order valence-corrected chi connectivity index (χ3v) is 10.0. The number of para-hydroxylation sites is 1. The van der Waals surface area contributed by atoms with E-state index >= 15 is 0 Å². The van der Waals surface area contributed by atoms with Crippen molar-refractivity contribution in [1.29, 1.82) is 0 Å². The van der Waals surface area contributed by atoms with Gasteiger partial charge >= 0.3 is 12.1 Å². The summed E-state index contributed by atoms with van der Waals surface area (Å²) in [6.07, 6.45) is 6.82. The SMILES string of the molecule is CC(Cc1c[nH]c2ccccc12)(NC(=O)OC1C2CC3CC(C2)CC1C3)C(=O)NC(Cc1ccccc1)C(=O)NCCC(=O)O. The number of alkyl carbamates (subject to hydrolysis) is 1. The number of hydrogen-bond acceptors (Lipinski definition) is 5. The van der Waals surface area contributed by atoms with Crippen molar-refractivity contribution in [3.05, 3.63) is 71.9 Å². The summed E-state index contributed by atoms with van der Waals surface area (Å²) >= 11 is 0. The first-order valence-corrected chi connectivity index (χ1v) is 16.0. The van der Waals surface area contributed by atoms with Crippen LogP contribution in [0.4, 0.5) is 4.79 Å². The van der Waals surface area contributed by atoms with Gasteiger partial charge in [-0.2, -0.15) is 0 Å². The Bertz CT molecular complexity index is 1530. The normalized spacial score (nSPS) is 25.2. The van der Waals surface area contributed by atoms with Crippen molar-refractivity contribution < 1.29 is 29.0 Å². The van der Waals surface area contributed by atoms with Crippen LogP contribution in [0.5, 0.6) is 0 Å². The van der Waals surface area contributed by atoms with E-state index in [9.17, 15) is 19.2 Å². The van der Waals surface area contributed by atoms with Crippen molar-refractivity contribution in [1.82, 2.24) is 20.9 Å². The molecule has 4 aliphatic rings. The molecule has 4 fully saturated rings. The highest BCUT2D eigenvalue weighted by atomic mass is 16.6. The first-order valence-electron chi connectivity index (χ1n) is 16.0. The van der Waals surface area contributed by atoms with Crippen LogP contribution in [0.25, 0.3) is 10.9 Å². The Morgan fingerprint density at radius 2 is 1.62 bits per heavy atom. The number of aliphatic carboxylic acids is 1. The molecule has 45 heavy (non-hydrogen) atoms. The van der Waals surface area contributed by atoms with E-state index in [0.717, 1.165) is 59.5 Å². The van der Waals surface area contributed by atoms with Crippen molar-refractivity contribution in [2.24, 2.45) is 23.7 Å². The smallest absolute Gasteiger partial charge is 0.408 e. The zero-order chi connectivity index (χ0) is 31.6. The van der Waals surface area contributed by atoms with Gasteiger partial charge in [-0.1, -0.05) is 48.5 Å². The Labute approximate surface area is 262 Å². The molecule has 1 aromatic heterocycles. The van der Waals surface area contributed by atoms with Crippen molar-refractivity contribution in [3.8, 4) is 0 Å². The third-order valence-electron chi connectivity index (χ3n) is 10.0. The number of benzene rings is 2. The number of carboxylic acids is 1. The lowest BCUT2D eigenvalue weighted by atomic mass is 9.55. The predicted molar refractivity (Wildman–Crippen MR) is 168 cm³/mol. The molecule has 0 saturated heterocycles. The lowest BCUT2D eigenvalue weighted by molar-refractivity contribution is -0.137. The van der Waals surface area contributed by atoms with Crippen LogP contribution >= 0.6 is 0 Å². The van der Waals surface area contributed by atoms with Crippen LogP contribution in [0, 0.1) is 23.7 Å². The Morgan fingerprint density at radius 1 is 0.956 bits per heavy atom. The van der Waals surface area contributed by atoms with Crippen LogP contribution in [0.1, 0.15) is 56.6 Å². The minimum absolute atomic E-state index is 0.0715. The Morgan fingerprint density at radius 3 is 2.31 bits per heavy atom. The Hall–Kier alpha value is -4.34. The van der Waals surface area contributed by atoms with E-state index in [1.807, 2.05) is 60.8 Å². The minimum Gasteiger partial charge on any atom is -0.481 e. The topological polar surface area (TPSA) is 150 Å². The molecule has 2 aromatic carbocycles. The highest BCUT2D eigenvalue weighted by Crippen LogP contribution is 2.54. The van der Waals surface area contributed by atoms with Gasteiger partial charge in [0.05, 0.1) is 6.42 Å². The van der Waals surface area contributed by atoms with E-state index in [0.29, 0.717) is 11.8 Å². The Balaban J connectivity index is 1.23. The van der Waals surface area contributed by atoms with Crippen molar-refractivity contribution in [3.63, 3.8) is 0 Å². The Kier molecular flexibility index (Phi) is 8.83. The first-order chi connectivity index (χ1) is 21.7. The van der Waals surface area contributed by atoms with Crippen molar-refractivity contribution in [2.45, 2.75) is 76.0 Å². The summed E-state index contributed by atoms with van der Waals surface area (Å²) < 4.78 is 6.13. The summed E-state index contributed by atoms with van der Waals surface area (Å²) in [5.41, 5.74) is 1.10.